The monoisotopic (exact) mass is 922 g/mol. The van der Waals surface area contributed by atoms with E-state index in [1.807, 2.05) is 24.3 Å². The zero-order valence-electron chi connectivity index (χ0n) is 40.1. The molecule has 0 aliphatic heterocycles. The van der Waals surface area contributed by atoms with Crippen LogP contribution in [-0.2, 0) is 0 Å². The molecule has 0 unspecified atom stereocenters. The van der Waals surface area contributed by atoms with Crippen molar-refractivity contribution < 1.29 is 0 Å². The predicted octanol–water partition coefficient (Wildman–Crippen LogP) is 19.5. The summed E-state index contributed by atoms with van der Waals surface area (Å²) in [7, 11) is 0. The maximum Gasteiger partial charge on any atom is 0.0462 e. The third-order valence-electron chi connectivity index (χ3n) is 12.4. The van der Waals surface area contributed by atoms with Crippen LogP contribution in [-0.4, -0.2) is 0 Å². The maximum absolute atomic E-state index is 2.32. The molecule has 0 bridgehead atoms. The van der Waals surface area contributed by atoms with E-state index in [2.05, 4.69) is 313 Å². The summed E-state index contributed by atoms with van der Waals surface area (Å²) in [4.78, 5) is 4.63. The Hall–Kier alpha value is -9.50. The van der Waals surface area contributed by atoms with Crippen LogP contribution in [0.4, 0.5) is 34.1 Å². The van der Waals surface area contributed by atoms with Crippen molar-refractivity contribution in [1.29, 1.82) is 0 Å². The number of nitrogens with zero attached hydrogens (tertiary/aromatic N) is 2. The van der Waals surface area contributed by atoms with E-state index in [-0.39, 0.29) is 0 Å². The Kier molecular flexibility index (Phi) is 14.9. The summed E-state index contributed by atoms with van der Waals surface area (Å²) < 4.78 is 0. The van der Waals surface area contributed by atoms with Crippen LogP contribution in [0.1, 0.15) is 55.6 Å². The van der Waals surface area contributed by atoms with Gasteiger partial charge in [-0.3, -0.25) is 0 Å². The zero-order valence-corrected chi connectivity index (χ0v) is 40.1. The van der Waals surface area contributed by atoms with Gasteiger partial charge in [0.25, 0.3) is 0 Å². The van der Waals surface area contributed by atoms with Crippen LogP contribution in [0.3, 0.4) is 0 Å². The summed E-state index contributed by atoms with van der Waals surface area (Å²) in [5.41, 5.74) is 18.0. The number of hydrogen-bond donors (Lipinski definition) is 0. The first-order valence-electron chi connectivity index (χ1n) is 24.5. The number of anilines is 6. The molecule has 0 N–H and O–H groups in total. The van der Waals surface area contributed by atoms with Gasteiger partial charge in [-0.25, -0.2) is 0 Å². The van der Waals surface area contributed by atoms with Gasteiger partial charge in [-0.05, 0) is 128 Å². The second-order valence-electron chi connectivity index (χ2n) is 17.5. The van der Waals surface area contributed by atoms with E-state index in [1.54, 1.807) is 0 Å². The molecule has 0 saturated heterocycles. The first-order valence-corrected chi connectivity index (χ1v) is 24.5. The summed E-state index contributed by atoms with van der Waals surface area (Å²) in [5.74, 6) is 0. The van der Waals surface area contributed by atoms with Crippen LogP contribution in [0.25, 0.3) is 60.8 Å². The summed E-state index contributed by atoms with van der Waals surface area (Å²) >= 11 is 0. The van der Waals surface area contributed by atoms with Gasteiger partial charge >= 0.3 is 0 Å². The van der Waals surface area contributed by atoms with Gasteiger partial charge in [0.1, 0.15) is 0 Å². The molecule has 0 aliphatic carbocycles. The second kappa shape index (κ2) is 23.2. The van der Waals surface area contributed by atoms with Gasteiger partial charge in [-0.15, -0.1) is 0 Å². The third-order valence-corrected chi connectivity index (χ3v) is 12.4. The van der Waals surface area contributed by atoms with Crippen molar-refractivity contribution in [3.8, 4) is 0 Å². The molecule has 2 heteroatoms. The lowest BCUT2D eigenvalue weighted by Gasteiger charge is -2.26. The Morgan fingerprint density at radius 1 is 0.139 bits per heavy atom. The van der Waals surface area contributed by atoms with E-state index in [4.69, 9.17) is 0 Å². The molecular weight excluding hydrogens is 869 g/mol. The average Bonchev–Trinajstić information content (AvgIpc) is 3.45. The summed E-state index contributed by atoms with van der Waals surface area (Å²) in [6.45, 7) is 0. The number of hydrogen-bond acceptors (Lipinski definition) is 2. The predicted molar refractivity (Wildman–Crippen MR) is 313 cm³/mol. The van der Waals surface area contributed by atoms with Crippen LogP contribution in [0, 0.1) is 0 Å². The summed E-state index contributed by atoms with van der Waals surface area (Å²) in [5, 5.41) is 0. The van der Waals surface area contributed by atoms with Crippen LogP contribution in [0.2, 0.25) is 0 Å². The van der Waals surface area contributed by atoms with Crippen LogP contribution in [0.5, 0.6) is 0 Å². The summed E-state index contributed by atoms with van der Waals surface area (Å²) in [6.07, 6.45) is 21.6. The fourth-order valence-corrected chi connectivity index (χ4v) is 8.52. The van der Waals surface area contributed by atoms with Crippen molar-refractivity contribution in [1.82, 2.24) is 0 Å². The molecule has 10 aromatic carbocycles. The highest BCUT2D eigenvalue weighted by molar-refractivity contribution is 5.83. The molecule has 0 radical (unpaired) electrons. The van der Waals surface area contributed by atoms with E-state index in [0.29, 0.717) is 0 Å². The minimum Gasteiger partial charge on any atom is -0.311 e. The van der Waals surface area contributed by atoms with E-state index in [1.165, 1.54) is 22.3 Å². The van der Waals surface area contributed by atoms with Gasteiger partial charge in [0, 0.05) is 34.1 Å². The first kappa shape index (κ1) is 46.2. The topological polar surface area (TPSA) is 6.48 Å². The molecule has 0 aromatic heterocycles. The largest absolute Gasteiger partial charge is 0.311 e. The molecular formula is C70H54N2. The third kappa shape index (κ3) is 12.4. The highest BCUT2D eigenvalue weighted by Crippen LogP contribution is 2.37. The lowest BCUT2D eigenvalue weighted by Crippen LogP contribution is -2.09. The fraction of sp³-hybridized carbons (Fsp3) is 0. The van der Waals surface area contributed by atoms with Gasteiger partial charge in [-0.2, -0.15) is 0 Å². The first-order chi connectivity index (χ1) is 35.6. The SMILES string of the molecule is C(=Cc1ccc(N(c2ccc(C=Cc3ccccc3)cc2)c2ccc(C=Cc3ccc(N(c4ccc(C=Cc5ccccc5)cc4)c4ccc(C=Cc5ccccc5)cc4)cc3)cc2)cc1)c1ccccc1. The highest BCUT2D eigenvalue weighted by Gasteiger charge is 2.14. The van der Waals surface area contributed by atoms with E-state index < -0.39 is 0 Å². The van der Waals surface area contributed by atoms with Gasteiger partial charge in [-0.1, -0.05) is 255 Å². The van der Waals surface area contributed by atoms with E-state index >= 15 is 0 Å². The Balaban J connectivity index is 0.883. The molecule has 0 atom stereocenters. The molecule has 10 rings (SSSR count). The van der Waals surface area contributed by atoms with Crippen LogP contribution < -0.4 is 9.80 Å². The zero-order chi connectivity index (χ0) is 48.6. The molecule has 344 valence electrons. The molecule has 0 fully saturated rings. The van der Waals surface area contributed by atoms with Crippen molar-refractivity contribution in [3.63, 3.8) is 0 Å². The second-order valence-corrected chi connectivity index (χ2v) is 17.5. The van der Waals surface area contributed by atoms with Gasteiger partial charge in [0.2, 0.25) is 0 Å². The standard InChI is InChI=1S/C70H54N2/c1-5-13-55(14-6-1)21-25-59-31-43-65(44-32-59)71(66-45-33-60(34-46-66)26-22-56-15-7-2-8-16-56)69-51-39-63(40-52-69)29-30-64-41-53-70(54-42-64)72(67-47-35-61(36-48-67)27-23-57-17-9-3-10-18-57)68-49-37-62(38-50-68)28-24-58-19-11-4-12-20-58/h1-54H. The minimum absolute atomic E-state index is 1.08. The average molecular weight is 923 g/mol. The summed E-state index contributed by atoms with van der Waals surface area (Å²) in [6, 6.07) is 94.3. The molecule has 10 aromatic rings. The number of rotatable bonds is 16. The van der Waals surface area contributed by atoms with E-state index in [0.717, 1.165) is 67.5 Å². The quantitative estimate of drug-likeness (QED) is 0.0891. The Bertz CT molecular complexity index is 2990. The van der Waals surface area contributed by atoms with Crippen LogP contribution >= 0.6 is 0 Å². The normalized spacial score (nSPS) is 11.6. The van der Waals surface area contributed by atoms with Crippen molar-refractivity contribution >= 4 is 94.9 Å². The van der Waals surface area contributed by atoms with Crippen LogP contribution in [0.15, 0.2) is 267 Å². The molecule has 0 saturated carbocycles. The van der Waals surface area contributed by atoms with Crippen molar-refractivity contribution in [3.05, 3.63) is 323 Å². The minimum atomic E-state index is 1.08. The smallest absolute Gasteiger partial charge is 0.0462 e. The lowest BCUT2D eigenvalue weighted by molar-refractivity contribution is 1.28. The van der Waals surface area contributed by atoms with Gasteiger partial charge in [0.15, 0.2) is 0 Å². The molecule has 72 heavy (non-hydrogen) atoms. The van der Waals surface area contributed by atoms with E-state index in [9.17, 15) is 0 Å². The molecule has 0 heterocycles. The number of benzene rings is 10. The molecule has 0 aliphatic rings. The van der Waals surface area contributed by atoms with Crippen molar-refractivity contribution in [2.24, 2.45) is 0 Å². The molecule has 2 nitrogen and oxygen atoms in total. The lowest BCUT2D eigenvalue weighted by atomic mass is 10.1. The van der Waals surface area contributed by atoms with Gasteiger partial charge in [0.05, 0.1) is 0 Å². The Morgan fingerprint density at radius 3 is 0.403 bits per heavy atom. The fourth-order valence-electron chi connectivity index (χ4n) is 8.52. The molecule has 0 spiro atoms. The van der Waals surface area contributed by atoms with Crippen molar-refractivity contribution in [2.45, 2.75) is 0 Å². The highest BCUT2D eigenvalue weighted by atomic mass is 15.1. The van der Waals surface area contributed by atoms with Gasteiger partial charge < -0.3 is 9.80 Å². The Morgan fingerprint density at radius 2 is 0.264 bits per heavy atom. The molecule has 0 amide bonds. The Labute approximate surface area is 425 Å². The van der Waals surface area contributed by atoms with Crippen molar-refractivity contribution in [2.75, 3.05) is 9.80 Å². The maximum atomic E-state index is 2.32.